The molecule has 0 spiro atoms. The van der Waals surface area contributed by atoms with Crippen molar-refractivity contribution < 1.29 is 9.59 Å². The van der Waals surface area contributed by atoms with Gasteiger partial charge in [0.15, 0.2) is 0 Å². The first-order chi connectivity index (χ1) is 10.1. The minimum atomic E-state index is -0.0869. The maximum Gasteiger partial charge on any atom is 0.223 e. The summed E-state index contributed by atoms with van der Waals surface area (Å²) < 4.78 is 0. The van der Waals surface area contributed by atoms with Crippen molar-refractivity contribution >= 4 is 11.7 Å². The topological polar surface area (TPSA) is 59.1 Å². The third-order valence-corrected chi connectivity index (χ3v) is 4.91. The Morgan fingerprint density at radius 3 is 2.62 bits per heavy atom. The Labute approximate surface area is 125 Å². The fourth-order valence-electron chi connectivity index (χ4n) is 3.73. The van der Waals surface area contributed by atoms with Crippen LogP contribution in [-0.2, 0) is 9.59 Å². The Bertz CT molecular complexity index is 513. The lowest BCUT2D eigenvalue weighted by atomic mass is 9.67. The second kappa shape index (κ2) is 5.96. The van der Waals surface area contributed by atoms with Crippen molar-refractivity contribution in [1.29, 1.82) is 0 Å². The van der Waals surface area contributed by atoms with Crippen molar-refractivity contribution in [2.45, 2.75) is 45.1 Å². The quantitative estimate of drug-likeness (QED) is 0.929. The van der Waals surface area contributed by atoms with E-state index in [2.05, 4.69) is 10.3 Å². The van der Waals surface area contributed by atoms with Crippen LogP contribution in [0.3, 0.4) is 0 Å². The number of ketones is 1. The molecule has 4 heteroatoms. The summed E-state index contributed by atoms with van der Waals surface area (Å²) in [5, 5.41) is 3.06. The molecule has 21 heavy (non-hydrogen) atoms. The standard InChI is InChI=1S/C17H22N2O2/c1-11(15-7-2-3-8-18-15)19-17(21)14-9-12-5-4-6-13(10-14)16(12)20/h2-3,7-8,11-14H,4-6,9-10H2,1H3,(H,19,21)/t11-,12-,13+,14?/m0/s1. The Morgan fingerprint density at radius 2 is 2.00 bits per heavy atom. The predicted molar refractivity (Wildman–Crippen MR) is 79.4 cm³/mol. The number of fused-ring (bicyclic) bond motifs is 2. The molecule has 2 aliphatic rings. The highest BCUT2D eigenvalue weighted by Crippen LogP contribution is 2.40. The summed E-state index contributed by atoms with van der Waals surface area (Å²) in [6.45, 7) is 1.95. The summed E-state index contributed by atoms with van der Waals surface area (Å²) in [5.74, 6) is 0.724. The summed E-state index contributed by atoms with van der Waals surface area (Å²) in [5.41, 5.74) is 0.873. The van der Waals surface area contributed by atoms with E-state index in [1.54, 1.807) is 6.20 Å². The zero-order valence-corrected chi connectivity index (χ0v) is 12.4. The van der Waals surface area contributed by atoms with Gasteiger partial charge in [0, 0.05) is 24.0 Å². The van der Waals surface area contributed by atoms with Gasteiger partial charge in [-0.2, -0.15) is 0 Å². The minimum absolute atomic E-state index is 0.0100. The van der Waals surface area contributed by atoms with E-state index in [0.717, 1.165) is 37.8 Å². The van der Waals surface area contributed by atoms with Gasteiger partial charge in [0.1, 0.15) is 5.78 Å². The van der Waals surface area contributed by atoms with E-state index in [1.807, 2.05) is 25.1 Å². The third kappa shape index (κ3) is 2.99. The molecule has 0 saturated heterocycles. The molecule has 4 nitrogen and oxygen atoms in total. The average molecular weight is 286 g/mol. The SMILES string of the molecule is C[C@H](NC(=O)C1C[C@H]2CCC[C@@H](C1)C2=O)c1ccccn1. The van der Waals surface area contributed by atoms with Gasteiger partial charge < -0.3 is 5.32 Å². The molecule has 1 amide bonds. The number of carbonyl (C=O) groups is 2. The molecule has 0 aromatic carbocycles. The Balaban J connectivity index is 1.62. The van der Waals surface area contributed by atoms with E-state index in [-0.39, 0.29) is 29.7 Å². The number of hydrogen-bond acceptors (Lipinski definition) is 3. The highest BCUT2D eigenvalue weighted by Gasteiger charge is 2.41. The molecule has 2 bridgehead atoms. The van der Waals surface area contributed by atoms with Gasteiger partial charge in [-0.1, -0.05) is 12.5 Å². The second-order valence-electron chi connectivity index (χ2n) is 6.38. The van der Waals surface area contributed by atoms with Gasteiger partial charge in [-0.25, -0.2) is 0 Å². The number of amides is 1. The van der Waals surface area contributed by atoms with Crippen LogP contribution in [0.1, 0.15) is 50.8 Å². The Kier molecular flexibility index (Phi) is 4.04. The lowest BCUT2D eigenvalue weighted by Crippen LogP contribution is -2.43. The first kappa shape index (κ1) is 14.2. The van der Waals surface area contributed by atoms with E-state index >= 15 is 0 Å². The van der Waals surface area contributed by atoms with Gasteiger partial charge in [-0.15, -0.1) is 0 Å². The Hall–Kier alpha value is -1.71. The number of nitrogens with zero attached hydrogens (tertiary/aromatic N) is 1. The number of pyridine rings is 1. The molecule has 4 atom stereocenters. The summed E-state index contributed by atoms with van der Waals surface area (Å²) in [7, 11) is 0. The van der Waals surface area contributed by atoms with Crippen molar-refractivity contribution in [3.63, 3.8) is 0 Å². The van der Waals surface area contributed by atoms with Gasteiger partial charge in [0.2, 0.25) is 5.91 Å². The maximum atomic E-state index is 12.5. The third-order valence-electron chi connectivity index (χ3n) is 4.91. The molecule has 3 rings (SSSR count). The molecule has 0 aliphatic heterocycles. The fourth-order valence-corrected chi connectivity index (χ4v) is 3.73. The average Bonchev–Trinajstić information content (AvgIpc) is 2.47. The van der Waals surface area contributed by atoms with Crippen LogP contribution in [0.4, 0.5) is 0 Å². The van der Waals surface area contributed by atoms with Gasteiger partial charge in [0.25, 0.3) is 0 Å². The summed E-state index contributed by atoms with van der Waals surface area (Å²) >= 11 is 0. The zero-order chi connectivity index (χ0) is 14.8. The molecule has 0 radical (unpaired) electrons. The molecule has 2 aliphatic carbocycles. The minimum Gasteiger partial charge on any atom is -0.348 e. The maximum absolute atomic E-state index is 12.5. The molecule has 1 unspecified atom stereocenters. The van der Waals surface area contributed by atoms with Crippen LogP contribution >= 0.6 is 0 Å². The molecule has 2 saturated carbocycles. The lowest BCUT2D eigenvalue weighted by molar-refractivity contribution is -0.137. The number of nitrogens with one attached hydrogen (secondary N) is 1. The number of aromatic nitrogens is 1. The monoisotopic (exact) mass is 286 g/mol. The zero-order valence-electron chi connectivity index (χ0n) is 12.4. The van der Waals surface area contributed by atoms with Crippen LogP contribution < -0.4 is 5.32 Å². The first-order valence-electron chi connectivity index (χ1n) is 7.90. The lowest BCUT2D eigenvalue weighted by Gasteiger charge is -2.37. The number of carbonyl (C=O) groups excluding carboxylic acids is 2. The summed E-state index contributed by atoms with van der Waals surface area (Å²) in [4.78, 5) is 28.8. The largest absolute Gasteiger partial charge is 0.348 e. The van der Waals surface area contributed by atoms with Crippen LogP contribution in [0.25, 0.3) is 0 Å². The molecule has 1 aromatic rings. The van der Waals surface area contributed by atoms with E-state index in [1.165, 1.54) is 0 Å². The van der Waals surface area contributed by atoms with Crippen LogP contribution in [0.5, 0.6) is 0 Å². The van der Waals surface area contributed by atoms with E-state index in [4.69, 9.17) is 0 Å². The second-order valence-corrected chi connectivity index (χ2v) is 6.38. The van der Waals surface area contributed by atoms with E-state index < -0.39 is 0 Å². The number of rotatable bonds is 3. The van der Waals surface area contributed by atoms with Gasteiger partial charge in [-0.05, 0) is 44.7 Å². The van der Waals surface area contributed by atoms with Gasteiger partial charge in [-0.3, -0.25) is 14.6 Å². The van der Waals surface area contributed by atoms with Crippen molar-refractivity contribution in [3.05, 3.63) is 30.1 Å². The van der Waals surface area contributed by atoms with Gasteiger partial charge in [0.05, 0.1) is 11.7 Å². The molecular weight excluding hydrogens is 264 g/mol. The molecule has 2 fully saturated rings. The van der Waals surface area contributed by atoms with Crippen LogP contribution in [0.2, 0.25) is 0 Å². The highest BCUT2D eigenvalue weighted by atomic mass is 16.2. The van der Waals surface area contributed by atoms with Gasteiger partial charge >= 0.3 is 0 Å². The number of Topliss-reactive ketones (excluding diaryl/α,β-unsaturated/α-hetero) is 1. The normalized spacial score (nSPS) is 29.8. The molecular formula is C17H22N2O2. The predicted octanol–water partition coefficient (Wildman–Crippen LogP) is 2.65. The van der Waals surface area contributed by atoms with E-state index in [9.17, 15) is 9.59 Å². The van der Waals surface area contributed by atoms with Crippen molar-refractivity contribution in [1.82, 2.24) is 10.3 Å². The highest BCUT2D eigenvalue weighted by molar-refractivity contribution is 5.88. The molecule has 112 valence electrons. The fraction of sp³-hybridized carbons (Fsp3) is 0.588. The number of hydrogen-bond donors (Lipinski definition) is 1. The van der Waals surface area contributed by atoms with Crippen LogP contribution in [-0.4, -0.2) is 16.7 Å². The molecule has 1 N–H and O–H groups in total. The van der Waals surface area contributed by atoms with Crippen molar-refractivity contribution in [3.8, 4) is 0 Å². The molecule has 1 aromatic heterocycles. The van der Waals surface area contributed by atoms with E-state index in [0.29, 0.717) is 5.78 Å². The summed E-state index contributed by atoms with van der Waals surface area (Å²) in [6.07, 6.45) is 6.28. The molecule has 1 heterocycles. The van der Waals surface area contributed by atoms with Crippen LogP contribution in [0, 0.1) is 17.8 Å². The summed E-state index contributed by atoms with van der Waals surface area (Å²) in [6, 6.07) is 5.63. The van der Waals surface area contributed by atoms with Crippen molar-refractivity contribution in [2.75, 3.05) is 0 Å². The smallest absolute Gasteiger partial charge is 0.223 e. The van der Waals surface area contributed by atoms with Crippen LogP contribution in [0.15, 0.2) is 24.4 Å². The first-order valence-corrected chi connectivity index (χ1v) is 7.90. The van der Waals surface area contributed by atoms with Crippen molar-refractivity contribution in [2.24, 2.45) is 17.8 Å². The Morgan fingerprint density at radius 1 is 1.29 bits per heavy atom.